The van der Waals surface area contributed by atoms with Crippen LogP contribution in [0.25, 0.3) is 0 Å². The second-order valence-corrected chi connectivity index (χ2v) is 12.1. The van der Waals surface area contributed by atoms with Gasteiger partial charge in [-0.15, -0.1) is 0 Å². The predicted molar refractivity (Wildman–Crippen MR) is 125 cm³/mol. The largest absolute Gasteiger partial charge is 0.379 e. The third kappa shape index (κ3) is 4.77. The summed E-state index contributed by atoms with van der Waals surface area (Å²) in [5.74, 6) is -0.345. The molecular formula is C22H27N3O6S2. The van der Waals surface area contributed by atoms with Crippen molar-refractivity contribution in [2.75, 3.05) is 48.3 Å². The van der Waals surface area contributed by atoms with E-state index in [1.807, 2.05) is 31.2 Å². The highest BCUT2D eigenvalue weighted by Gasteiger charge is 2.33. The molecule has 1 saturated heterocycles. The maximum absolute atomic E-state index is 13.2. The van der Waals surface area contributed by atoms with Gasteiger partial charge in [-0.25, -0.2) is 16.8 Å². The monoisotopic (exact) mass is 493 g/mol. The number of hydrogen-bond acceptors (Lipinski definition) is 6. The number of carbonyl (C=O) groups is 1. The summed E-state index contributed by atoms with van der Waals surface area (Å²) in [4.78, 5) is 14.9. The van der Waals surface area contributed by atoms with Crippen LogP contribution < -0.4 is 9.21 Å². The van der Waals surface area contributed by atoms with E-state index in [-0.39, 0.29) is 42.2 Å². The van der Waals surface area contributed by atoms with E-state index in [2.05, 4.69) is 0 Å². The van der Waals surface area contributed by atoms with Gasteiger partial charge in [0.05, 0.1) is 30.1 Å². The number of rotatable bonds is 6. The zero-order chi connectivity index (χ0) is 23.8. The van der Waals surface area contributed by atoms with Crippen molar-refractivity contribution in [3.63, 3.8) is 0 Å². The van der Waals surface area contributed by atoms with Crippen molar-refractivity contribution in [1.82, 2.24) is 4.31 Å². The molecule has 178 valence electrons. The number of carbonyl (C=O) groups excluding carboxylic acids is 1. The molecular weight excluding hydrogens is 466 g/mol. The molecule has 2 aliphatic rings. The first-order valence-corrected chi connectivity index (χ1v) is 13.9. The Bertz CT molecular complexity index is 1240. The number of benzene rings is 2. The summed E-state index contributed by atoms with van der Waals surface area (Å²) in [5.41, 5.74) is 2.06. The second kappa shape index (κ2) is 9.05. The Morgan fingerprint density at radius 2 is 1.67 bits per heavy atom. The van der Waals surface area contributed by atoms with Crippen LogP contribution in [0.15, 0.2) is 53.4 Å². The Balaban J connectivity index is 1.58. The SMILES string of the molecule is CC1Cc2ccccc2N1C(=O)CN(c1ccc(S(=O)(=O)N2CCOCC2)cc1)S(C)(=O)=O. The predicted octanol–water partition coefficient (Wildman–Crippen LogP) is 1.45. The third-order valence-corrected chi connectivity index (χ3v) is 8.94. The van der Waals surface area contributed by atoms with Gasteiger partial charge >= 0.3 is 0 Å². The van der Waals surface area contributed by atoms with Gasteiger partial charge in [0.2, 0.25) is 26.0 Å². The van der Waals surface area contributed by atoms with Crippen molar-refractivity contribution in [3.05, 3.63) is 54.1 Å². The zero-order valence-corrected chi connectivity index (χ0v) is 20.2. The van der Waals surface area contributed by atoms with Crippen molar-refractivity contribution in [3.8, 4) is 0 Å². The van der Waals surface area contributed by atoms with Crippen molar-refractivity contribution < 1.29 is 26.4 Å². The number of amides is 1. The smallest absolute Gasteiger partial charge is 0.248 e. The van der Waals surface area contributed by atoms with E-state index in [4.69, 9.17) is 4.74 Å². The highest BCUT2D eigenvalue weighted by atomic mass is 32.2. The average molecular weight is 494 g/mol. The fourth-order valence-corrected chi connectivity index (χ4v) is 6.52. The number of sulfonamides is 2. The number of para-hydroxylation sites is 1. The Labute approximate surface area is 194 Å². The van der Waals surface area contributed by atoms with Gasteiger partial charge in [0.25, 0.3) is 0 Å². The van der Waals surface area contributed by atoms with Gasteiger partial charge in [0, 0.05) is 24.8 Å². The minimum absolute atomic E-state index is 0.0648. The summed E-state index contributed by atoms with van der Waals surface area (Å²) < 4.78 is 58.4. The first-order chi connectivity index (χ1) is 15.6. The van der Waals surface area contributed by atoms with E-state index in [1.165, 1.54) is 28.6 Å². The molecule has 0 aliphatic carbocycles. The summed E-state index contributed by atoms with van der Waals surface area (Å²) in [7, 11) is -7.50. The highest BCUT2D eigenvalue weighted by molar-refractivity contribution is 7.92. The summed E-state index contributed by atoms with van der Waals surface area (Å²) in [6.07, 6.45) is 1.73. The van der Waals surface area contributed by atoms with Crippen LogP contribution in [-0.2, 0) is 36.0 Å². The molecule has 2 heterocycles. The third-order valence-electron chi connectivity index (χ3n) is 5.89. The van der Waals surface area contributed by atoms with Crippen LogP contribution in [0.4, 0.5) is 11.4 Å². The molecule has 1 amide bonds. The fraction of sp³-hybridized carbons (Fsp3) is 0.409. The molecule has 1 fully saturated rings. The molecule has 0 N–H and O–H groups in total. The summed E-state index contributed by atoms with van der Waals surface area (Å²) >= 11 is 0. The van der Waals surface area contributed by atoms with Gasteiger partial charge in [-0.2, -0.15) is 4.31 Å². The number of morpholine rings is 1. The van der Waals surface area contributed by atoms with E-state index < -0.39 is 20.0 Å². The lowest BCUT2D eigenvalue weighted by Crippen LogP contribution is -2.45. The number of fused-ring (bicyclic) bond motifs is 1. The average Bonchev–Trinajstić information content (AvgIpc) is 3.13. The van der Waals surface area contributed by atoms with Gasteiger partial charge in [-0.1, -0.05) is 18.2 Å². The van der Waals surface area contributed by atoms with Crippen LogP contribution in [0.2, 0.25) is 0 Å². The molecule has 9 nitrogen and oxygen atoms in total. The Morgan fingerprint density at radius 3 is 2.30 bits per heavy atom. The van der Waals surface area contributed by atoms with Gasteiger partial charge in [0.1, 0.15) is 6.54 Å². The fourth-order valence-electron chi connectivity index (χ4n) is 4.27. The van der Waals surface area contributed by atoms with Crippen LogP contribution in [0.1, 0.15) is 12.5 Å². The van der Waals surface area contributed by atoms with Gasteiger partial charge < -0.3 is 9.64 Å². The first-order valence-electron chi connectivity index (χ1n) is 10.6. The Morgan fingerprint density at radius 1 is 1.03 bits per heavy atom. The van der Waals surface area contributed by atoms with Crippen molar-refractivity contribution in [2.24, 2.45) is 0 Å². The van der Waals surface area contributed by atoms with Crippen LogP contribution in [0, 0.1) is 0 Å². The maximum Gasteiger partial charge on any atom is 0.248 e. The topological polar surface area (TPSA) is 104 Å². The molecule has 0 spiro atoms. The lowest BCUT2D eigenvalue weighted by molar-refractivity contribution is -0.117. The Hall–Kier alpha value is -2.47. The second-order valence-electron chi connectivity index (χ2n) is 8.23. The molecule has 0 radical (unpaired) electrons. The number of nitrogens with zero attached hydrogens (tertiary/aromatic N) is 3. The van der Waals surface area contributed by atoms with Crippen LogP contribution in [0.5, 0.6) is 0 Å². The minimum atomic E-state index is -3.80. The molecule has 33 heavy (non-hydrogen) atoms. The van der Waals surface area contributed by atoms with E-state index >= 15 is 0 Å². The van der Waals surface area contributed by atoms with E-state index in [0.717, 1.165) is 21.8 Å². The molecule has 1 atom stereocenters. The van der Waals surface area contributed by atoms with Crippen molar-refractivity contribution >= 4 is 37.3 Å². The number of hydrogen-bond donors (Lipinski definition) is 0. The number of ether oxygens (including phenoxy) is 1. The van der Waals surface area contributed by atoms with Crippen molar-refractivity contribution in [2.45, 2.75) is 24.3 Å². The van der Waals surface area contributed by atoms with E-state index in [1.54, 1.807) is 4.90 Å². The summed E-state index contributed by atoms with van der Waals surface area (Å²) in [6.45, 7) is 2.74. The molecule has 11 heteroatoms. The highest BCUT2D eigenvalue weighted by Crippen LogP contribution is 2.32. The normalized spacial score (nSPS) is 19.3. The van der Waals surface area contributed by atoms with Crippen LogP contribution >= 0.6 is 0 Å². The van der Waals surface area contributed by atoms with E-state index in [0.29, 0.717) is 19.6 Å². The Kier molecular flexibility index (Phi) is 6.50. The standard InChI is InChI=1S/C22H27N3O6S2/c1-17-15-18-5-3-4-6-21(18)25(17)22(26)16-24(32(2,27)28)19-7-9-20(10-8-19)33(29,30)23-11-13-31-14-12-23/h3-10,17H,11-16H2,1-2H3. The first kappa shape index (κ1) is 23.7. The molecule has 1 unspecified atom stereocenters. The van der Waals surface area contributed by atoms with Crippen LogP contribution in [-0.4, -0.2) is 72.2 Å². The van der Waals surface area contributed by atoms with Crippen LogP contribution in [0.3, 0.4) is 0 Å². The maximum atomic E-state index is 13.2. The lowest BCUT2D eigenvalue weighted by atomic mass is 10.1. The lowest BCUT2D eigenvalue weighted by Gasteiger charge is -2.28. The summed E-state index contributed by atoms with van der Waals surface area (Å²) in [6, 6.07) is 13.1. The molecule has 2 aliphatic heterocycles. The molecule has 2 aromatic rings. The molecule has 0 bridgehead atoms. The van der Waals surface area contributed by atoms with Gasteiger partial charge in [0.15, 0.2) is 0 Å². The molecule has 0 aromatic heterocycles. The summed E-state index contributed by atoms with van der Waals surface area (Å²) in [5, 5.41) is 0. The molecule has 4 rings (SSSR count). The van der Waals surface area contributed by atoms with Gasteiger partial charge in [-0.3, -0.25) is 9.10 Å². The quantitative estimate of drug-likeness (QED) is 0.603. The minimum Gasteiger partial charge on any atom is -0.379 e. The molecule has 2 aromatic carbocycles. The zero-order valence-electron chi connectivity index (χ0n) is 18.5. The molecule has 0 saturated carbocycles. The van der Waals surface area contributed by atoms with Crippen molar-refractivity contribution in [1.29, 1.82) is 0 Å². The van der Waals surface area contributed by atoms with E-state index in [9.17, 15) is 21.6 Å². The van der Waals surface area contributed by atoms with Gasteiger partial charge in [-0.05, 0) is 49.2 Å². The number of anilines is 2.